The van der Waals surface area contributed by atoms with Crippen LogP contribution in [0.5, 0.6) is 0 Å². The Morgan fingerprint density at radius 2 is 1.82 bits per heavy atom. The summed E-state index contributed by atoms with van der Waals surface area (Å²) in [7, 11) is 0. The van der Waals surface area contributed by atoms with Gasteiger partial charge in [0.05, 0.1) is 5.56 Å². The maximum atomic E-state index is 13.0. The third-order valence-corrected chi connectivity index (χ3v) is 5.65. The fourth-order valence-corrected chi connectivity index (χ4v) is 3.92. The number of aromatic nitrogens is 2. The molecule has 0 bridgehead atoms. The summed E-state index contributed by atoms with van der Waals surface area (Å²) in [6.07, 6.45) is 3.35. The predicted molar refractivity (Wildman–Crippen MR) is 128 cm³/mol. The number of amides is 2. The second-order valence-electron chi connectivity index (χ2n) is 8.02. The average molecular weight is 446 g/mol. The van der Waals surface area contributed by atoms with E-state index in [9.17, 15) is 14.7 Å². The Bertz CT molecular complexity index is 1110. The van der Waals surface area contributed by atoms with Gasteiger partial charge in [-0.2, -0.15) is 0 Å². The van der Waals surface area contributed by atoms with Crippen molar-refractivity contribution in [1.29, 1.82) is 0 Å². The van der Waals surface area contributed by atoms with Crippen molar-refractivity contribution in [1.82, 2.24) is 9.97 Å². The summed E-state index contributed by atoms with van der Waals surface area (Å²) >= 11 is 0. The molecule has 3 aromatic rings. The lowest BCUT2D eigenvalue weighted by Crippen LogP contribution is -2.31. The number of anilines is 3. The first-order valence-corrected chi connectivity index (χ1v) is 11.1. The van der Waals surface area contributed by atoms with Gasteiger partial charge in [0.2, 0.25) is 0 Å². The molecule has 4 rings (SSSR count). The van der Waals surface area contributed by atoms with Crippen LogP contribution in [0, 0.1) is 6.92 Å². The minimum Gasteiger partial charge on any atom is -0.465 e. The summed E-state index contributed by atoms with van der Waals surface area (Å²) in [5.41, 5.74) is 3.36. The van der Waals surface area contributed by atoms with Crippen LogP contribution in [0.2, 0.25) is 0 Å². The second kappa shape index (κ2) is 10.1. The largest absolute Gasteiger partial charge is 0.465 e. The van der Waals surface area contributed by atoms with Gasteiger partial charge in [0.1, 0.15) is 5.82 Å². The number of benzene rings is 1. The first-order chi connectivity index (χ1) is 16.0. The monoisotopic (exact) mass is 445 g/mol. The predicted octanol–water partition coefficient (Wildman–Crippen LogP) is 4.36. The molecule has 2 aromatic heterocycles. The maximum absolute atomic E-state index is 13.0. The van der Waals surface area contributed by atoms with E-state index >= 15 is 0 Å². The van der Waals surface area contributed by atoms with Crippen LogP contribution in [0.1, 0.15) is 34.6 Å². The van der Waals surface area contributed by atoms with E-state index in [0.29, 0.717) is 29.2 Å². The Labute approximate surface area is 192 Å². The van der Waals surface area contributed by atoms with Crippen LogP contribution in [-0.4, -0.2) is 46.7 Å². The van der Waals surface area contributed by atoms with Crippen molar-refractivity contribution >= 4 is 29.2 Å². The highest BCUT2D eigenvalue weighted by molar-refractivity contribution is 6.07. The standard InChI is InChI=1S/C25H27N5O3/c1-18-7-12-22(23(27-18)29-15-4-5-16-29)24(31)28-20-8-10-21(11-9-20)30(25(32)33)17-13-19-6-2-3-14-26-19/h2-3,6-12,14H,4-5,13,15-17H2,1H3,(H,28,31)(H,32,33). The molecule has 1 saturated heterocycles. The summed E-state index contributed by atoms with van der Waals surface area (Å²) in [6, 6.07) is 16.0. The molecule has 2 amide bonds. The van der Waals surface area contributed by atoms with E-state index in [1.54, 1.807) is 30.5 Å². The fourth-order valence-electron chi connectivity index (χ4n) is 3.92. The molecule has 0 aliphatic carbocycles. The Balaban J connectivity index is 1.46. The molecule has 1 fully saturated rings. The number of carbonyl (C=O) groups is 2. The van der Waals surface area contributed by atoms with E-state index in [0.717, 1.165) is 37.3 Å². The SMILES string of the molecule is Cc1ccc(C(=O)Nc2ccc(N(CCc3ccccn3)C(=O)O)cc2)c(N2CCCC2)n1. The second-order valence-corrected chi connectivity index (χ2v) is 8.02. The van der Waals surface area contributed by atoms with Gasteiger partial charge in [-0.3, -0.25) is 14.7 Å². The first-order valence-electron chi connectivity index (χ1n) is 11.1. The normalized spacial score (nSPS) is 13.1. The Morgan fingerprint density at radius 3 is 2.48 bits per heavy atom. The van der Waals surface area contributed by atoms with Crippen molar-refractivity contribution in [2.45, 2.75) is 26.2 Å². The molecule has 0 radical (unpaired) electrons. The molecule has 3 heterocycles. The van der Waals surface area contributed by atoms with E-state index < -0.39 is 6.09 Å². The topological polar surface area (TPSA) is 98.7 Å². The molecule has 8 heteroatoms. The van der Waals surface area contributed by atoms with Gasteiger partial charge in [-0.1, -0.05) is 6.07 Å². The highest BCUT2D eigenvalue weighted by Crippen LogP contribution is 2.25. The summed E-state index contributed by atoms with van der Waals surface area (Å²) in [6.45, 7) is 4.00. The van der Waals surface area contributed by atoms with Crippen LogP contribution in [0.15, 0.2) is 60.8 Å². The van der Waals surface area contributed by atoms with Crippen LogP contribution in [0.4, 0.5) is 22.0 Å². The molecule has 1 aliphatic rings. The number of hydrogen-bond donors (Lipinski definition) is 2. The minimum atomic E-state index is -1.04. The van der Waals surface area contributed by atoms with Crippen molar-refractivity contribution in [2.75, 3.05) is 34.8 Å². The van der Waals surface area contributed by atoms with Crippen LogP contribution in [0.25, 0.3) is 0 Å². The Morgan fingerprint density at radius 1 is 1.06 bits per heavy atom. The molecule has 33 heavy (non-hydrogen) atoms. The molecule has 1 aliphatic heterocycles. The highest BCUT2D eigenvalue weighted by Gasteiger charge is 2.21. The zero-order valence-corrected chi connectivity index (χ0v) is 18.6. The van der Waals surface area contributed by atoms with Gasteiger partial charge in [-0.25, -0.2) is 9.78 Å². The van der Waals surface area contributed by atoms with Crippen molar-refractivity contribution in [3.8, 4) is 0 Å². The number of aryl methyl sites for hydroxylation is 1. The van der Waals surface area contributed by atoms with Gasteiger partial charge < -0.3 is 15.3 Å². The molecular weight excluding hydrogens is 418 g/mol. The molecule has 0 saturated carbocycles. The van der Waals surface area contributed by atoms with Crippen LogP contribution in [0.3, 0.4) is 0 Å². The Kier molecular flexibility index (Phi) is 6.83. The lowest BCUT2D eigenvalue weighted by Gasteiger charge is -2.21. The number of rotatable bonds is 7. The highest BCUT2D eigenvalue weighted by atomic mass is 16.4. The number of nitrogens with one attached hydrogen (secondary N) is 1. The third-order valence-electron chi connectivity index (χ3n) is 5.65. The number of hydrogen-bond acceptors (Lipinski definition) is 5. The van der Waals surface area contributed by atoms with Crippen LogP contribution in [-0.2, 0) is 6.42 Å². The van der Waals surface area contributed by atoms with Gasteiger partial charge in [-0.15, -0.1) is 0 Å². The van der Waals surface area contributed by atoms with Gasteiger partial charge in [0.15, 0.2) is 0 Å². The smallest absolute Gasteiger partial charge is 0.411 e. The van der Waals surface area contributed by atoms with E-state index in [-0.39, 0.29) is 12.5 Å². The lowest BCUT2D eigenvalue weighted by molar-refractivity contribution is 0.102. The molecule has 0 spiro atoms. The minimum absolute atomic E-state index is 0.234. The maximum Gasteiger partial charge on any atom is 0.411 e. The summed E-state index contributed by atoms with van der Waals surface area (Å²) < 4.78 is 0. The van der Waals surface area contributed by atoms with Crippen molar-refractivity contribution in [2.24, 2.45) is 0 Å². The molecule has 1 aromatic carbocycles. The van der Waals surface area contributed by atoms with Crippen molar-refractivity contribution < 1.29 is 14.7 Å². The van der Waals surface area contributed by atoms with E-state index in [2.05, 4.69) is 20.2 Å². The zero-order valence-electron chi connectivity index (χ0n) is 18.6. The fraction of sp³-hybridized carbons (Fsp3) is 0.280. The van der Waals surface area contributed by atoms with Crippen LogP contribution < -0.4 is 15.1 Å². The molecule has 8 nitrogen and oxygen atoms in total. The number of carboxylic acid groups (broad SMARTS) is 1. The van der Waals surface area contributed by atoms with Crippen LogP contribution >= 0.6 is 0 Å². The zero-order chi connectivity index (χ0) is 23.2. The summed E-state index contributed by atoms with van der Waals surface area (Å²) in [4.78, 5) is 37.1. The van der Waals surface area contributed by atoms with Gasteiger partial charge in [0.25, 0.3) is 5.91 Å². The van der Waals surface area contributed by atoms with E-state index in [4.69, 9.17) is 0 Å². The van der Waals surface area contributed by atoms with E-state index in [1.807, 2.05) is 37.3 Å². The van der Waals surface area contributed by atoms with Gasteiger partial charge >= 0.3 is 6.09 Å². The third kappa shape index (κ3) is 5.46. The number of carbonyl (C=O) groups excluding carboxylic acids is 1. The summed E-state index contributed by atoms with van der Waals surface area (Å²) in [5, 5.41) is 12.6. The summed E-state index contributed by atoms with van der Waals surface area (Å²) in [5.74, 6) is 0.482. The molecular formula is C25H27N5O3. The lowest BCUT2D eigenvalue weighted by atomic mass is 10.2. The molecule has 0 unspecified atom stereocenters. The first kappa shape index (κ1) is 22.3. The van der Waals surface area contributed by atoms with E-state index in [1.165, 1.54) is 4.90 Å². The number of nitrogens with zero attached hydrogens (tertiary/aromatic N) is 4. The molecule has 2 N–H and O–H groups in total. The number of pyridine rings is 2. The molecule has 170 valence electrons. The Hall–Kier alpha value is -3.94. The van der Waals surface area contributed by atoms with Crippen molar-refractivity contribution in [3.63, 3.8) is 0 Å². The van der Waals surface area contributed by atoms with Gasteiger partial charge in [-0.05, 0) is 68.3 Å². The molecule has 0 atom stereocenters. The average Bonchev–Trinajstić information content (AvgIpc) is 3.35. The quantitative estimate of drug-likeness (QED) is 0.561. The van der Waals surface area contributed by atoms with Gasteiger partial charge in [0, 0.05) is 55.0 Å². The van der Waals surface area contributed by atoms with Crippen molar-refractivity contribution in [3.05, 3.63) is 77.7 Å².